The molecule has 2 aromatic rings. The number of hydrogen-bond donors (Lipinski definition) is 3. The molecule has 2 aromatic carbocycles. The quantitative estimate of drug-likeness (QED) is 0.609. The predicted octanol–water partition coefficient (Wildman–Crippen LogP) is 4.21. The molecule has 0 aromatic heterocycles. The number of carbonyl (C=O) groups is 2. The summed E-state index contributed by atoms with van der Waals surface area (Å²) < 4.78 is 0. The summed E-state index contributed by atoms with van der Waals surface area (Å²) in [6, 6.07) is 14.7. The van der Waals surface area contributed by atoms with Crippen molar-refractivity contribution in [2.75, 3.05) is 23.3 Å². The van der Waals surface area contributed by atoms with Gasteiger partial charge in [-0.2, -0.15) is 0 Å². The molecule has 4 rings (SSSR count). The maximum atomic E-state index is 12.8. The largest absolute Gasteiger partial charge is 0.509 e. The van der Waals surface area contributed by atoms with Gasteiger partial charge in [0, 0.05) is 35.9 Å². The Morgan fingerprint density at radius 2 is 1.74 bits per heavy atom. The molecule has 31 heavy (non-hydrogen) atoms. The molecule has 162 valence electrons. The Morgan fingerprint density at radius 3 is 2.39 bits per heavy atom. The lowest BCUT2D eigenvalue weighted by Crippen LogP contribution is -2.43. The lowest BCUT2D eigenvalue weighted by molar-refractivity contribution is -0.121. The van der Waals surface area contributed by atoms with Gasteiger partial charge >= 0.3 is 0 Å². The van der Waals surface area contributed by atoms with E-state index in [0.717, 1.165) is 24.3 Å². The average Bonchev–Trinajstić information content (AvgIpc) is 2.99. The van der Waals surface area contributed by atoms with Crippen molar-refractivity contribution in [1.82, 2.24) is 5.32 Å². The number of benzene rings is 2. The maximum absolute atomic E-state index is 12.8. The first-order valence-electron chi connectivity index (χ1n) is 10.5. The van der Waals surface area contributed by atoms with Crippen LogP contribution >= 0.6 is 11.6 Å². The zero-order chi connectivity index (χ0) is 22.0. The number of halogens is 1. The van der Waals surface area contributed by atoms with Crippen LogP contribution in [0.5, 0.6) is 0 Å². The molecule has 0 bridgehead atoms. The van der Waals surface area contributed by atoms with Crippen LogP contribution < -0.4 is 15.5 Å². The van der Waals surface area contributed by atoms with Crippen molar-refractivity contribution >= 4 is 34.8 Å². The molecular weight excluding hydrogens is 414 g/mol. The van der Waals surface area contributed by atoms with Crippen LogP contribution in [0.1, 0.15) is 31.7 Å². The van der Waals surface area contributed by atoms with Gasteiger partial charge < -0.3 is 20.6 Å². The lowest BCUT2D eigenvalue weighted by Gasteiger charge is -2.28. The summed E-state index contributed by atoms with van der Waals surface area (Å²) >= 11 is 5.93. The van der Waals surface area contributed by atoms with Crippen LogP contribution in [0, 0.1) is 0 Å². The van der Waals surface area contributed by atoms with E-state index in [1.807, 2.05) is 36.4 Å². The first-order chi connectivity index (χ1) is 14.9. The van der Waals surface area contributed by atoms with Crippen LogP contribution in [0.2, 0.25) is 5.02 Å². The van der Waals surface area contributed by atoms with Crippen LogP contribution in [0.4, 0.5) is 11.4 Å². The van der Waals surface area contributed by atoms with E-state index in [1.165, 1.54) is 19.3 Å². The average molecular weight is 440 g/mol. The van der Waals surface area contributed by atoms with Gasteiger partial charge in [-0.05, 0) is 68.1 Å². The van der Waals surface area contributed by atoms with E-state index >= 15 is 0 Å². The third-order valence-electron chi connectivity index (χ3n) is 5.92. The summed E-state index contributed by atoms with van der Waals surface area (Å²) in [6.45, 7) is 3.78. The molecule has 0 radical (unpaired) electrons. The van der Waals surface area contributed by atoms with Gasteiger partial charge in [0.15, 0.2) is 0 Å². The van der Waals surface area contributed by atoms with Crippen LogP contribution in [0.3, 0.4) is 0 Å². The first kappa shape index (κ1) is 21.2. The molecule has 1 saturated heterocycles. The van der Waals surface area contributed by atoms with Crippen LogP contribution in [0.15, 0.2) is 59.9 Å². The van der Waals surface area contributed by atoms with Crippen molar-refractivity contribution in [3.63, 3.8) is 0 Å². The van der Waals surface area contributed by atoms with Crippen molar-refractivity contribution in [2.45, 2.75) is 38.1 Å². The summed E-state index contributed by atoms with van der Waals surface area (Å²) in [7, 11) is 0. The highest BCUT2D eigenvalue weighted by molar-refractivity contribution is 6.30. The molecule has 2 aliphatic heterocycles. The summed E-state index contributed by atoms with van der Waals surface area (Å²) in [5.41, 5.74) is 1.26. The van der Waals surface area contributed by atoms with E-state index in [4.69, 9.17) is 11.6 Å². The molecule has 3 N–H and O–H groups in total. The molecule has 2 heterocycles. The van der Waals surface area contributed by atoms with Gasteiger partial charge in [-0.1, -0.05) is 23.7 Å². The third kappa shape index (κ3) is 4.54. The molecular formula is C24H26ClN3O3. The third-order valence-corrected chi connectivity index (χ3v) is 6.17. The molecule has 0 unspecified atom stereocenters. The Hall–Kier alpha value is -2.99. The molecule has 0 spiro atoms. The second kappa shape index (κ2) is 8.63. The van der Waals surface area contributed by atoms with Crippen LogP contribution in [-0.2, 0) is 16.0 Å². The van der Waals surface area contributed by atoms with Gasteiger partial charge in [-0.3, -0.25) is 9.59 Å². The highest BCUT2D eigenvalue weighted by atomic mass is 35.5. The number of rotatable bonds is 5. The fourth-order valence-corrected chi connectivity index (χ4v) is 4.33. The van der Waals surface area contributed by atoms with E-state index in [2.05, 4.69) is 15.5 Å². The van der Waals surface area contributed by atoms with Gasteiger partial charge in [-0.15, -0.1) is 0 Å². The number of nitrogens with zero attached hydrogens (tertiary/aromatic N) is 1. The molecule has 0 saturated carbocycles. The van der Waals surface area contributed by atoms with Gasteiger partial charge in [0.25, 0.3) is 11.8 Å². The highest BCUT2D eigenvalue weighted by Crippen LogP contribution is 2.30. The van der Waals surface area contributed by atoms with Gasteiger partial charge in [-0.25, -0.2) is 0 Å². The Balaban J connectivity index is 1.47. The zero-order valence-electron chi connectivity index (χ0n) is 17.5. The lowest BCUT2D eigenvalue weighted by atomic mass is 9.91. The van der Waals surface area contributed by atoms with Crippen molar-refractivity contribution in [1.29, 1.82) is 0 Å². The van der Waals surface area contributed by atoms with Gasteiger partial charge in [0.2, 0.25) is 0 Å². The molecule has 1 fully saturated rings. The van der Waals surface area contributed by atoms with Crippen LogP contribution in [-0.4, -0.2) is 35.5 Å². The van der Waals surface area contributed by atoms with E-state index in [-0.39, 0.29) is 11.3 Å². The summed E-state index contributed by atoms with van der Waals surface area (Å²) in [4.78, 5) is 27.6. The van der Waals surface area contributed by atoms with Crippen molar-refractivity contribution < 1.29 is 14.7 Å². The number of carbonyl (C=O) groups excluding carboxylic acids is 2. The normalized spacial score (nSPS) is 21.2. The predicted molar refractivity (Wildman–Crippen MR) is 122 cm³/mol. The van der Waals surface area contributed by atoms with Gasteiger partial charge in [0.05, 0.1) is 5.54 Å². The molecule has 1 atom stereocenters. The smallest absolute Gasteiger partial charge is 0.264 e. The highest BCUT2D eigenvalue weighted by Gasteiger charge is 2.44. The van der Waals surface area contributed by atoms with Crippen molar-refractivity contribution in [3.8, 4) is 0 Å². The van der Waals surface area contributed by atoms with Crippen molar-refractivity contribution in [2.24, 2.45) is 0 Å². The second-order valence-corrected chi connectivity index (χ2v) is 8.80. The van der Waals surface area contributed by atoms with E-state index < -0.39 is 17.4 Å². The topological polar surface area (TPSA) is 81.7 Å². The minimum atomic E-state index is -1.06. The summed E-state index contributed by atoms with van der Waals surface area (Å²) in [5, 5.41) is 16.8. The number of nitrogens with one attached hydrogen (secondary N) is 2. The molecule has 2 amide bonds. The Morgan fingerprint density at radius 1 is 1.10 bits per heavy atom. The summed E-state index contributed by atoms with van der Waals surface area (Å²) in [6.07, 6.45) is 3.98. The molecule has 6 nitrogen and oxygen atoms in total. The second-order valence-electron chi connectivity index (χ2n) is 8.36. The SMILES string of the molecule is C[C@]1(Cc2ccc(Cl)cc2)NC(=O)C(C(=O)Nc2ccc(N3CCCCC3)cc2)=C1O. The number of anilines is 2. The van der Waals surface area contributed by atoms with E-state index in [1.54, 1.807) is 19.1 Å². The number of hydrogen-bond acceptors (Lipinski definition) is 4. The number of amides is 2. The minimum Gasteiger partial charge on any atom is -0.509 e. The number of aliphatic hydroxyl groups excluding tert-OH is 1. The summed E-state index contributed by atoms with van der Waals surface area (Å²) in [5.74, 6) is -1.47. The maximum Gasteiger partial charge on any atom is 0.264 e. The standard InChI is InChI=1S/C24H26ClN3O3/c1-24(15-16-5-7-17(25)8-6-16)21(29)20(23(31)27-24)22(30)26-18-9-11-19(12-10-18)28-13-3-2-4-14-28/h5-12,29H,2-4,13-15H2,1H3,(H,26,30)(H,27,31)/t24-/m1/s1. The zero-order valence-corrected chi connectivity index (χ0v) is 18.2. The van der Waals surface area contributed by atoms with Crippen molar-refractivity contribution in [3.05, 3.63) is 70.4 Å². The fourth-order valence-electron chi connectivity index (χ4n) is 4.21. The minimum absolute atomic E-state index is 0.253. The monoisotopic (exact) mass is 439 g/mol. The molecule has 2 aliphatic rings. The van der Waals surface area contributed by atoms with Crippen LogP contribution in [0.25, 0.3) is 0 Å². The fraction of sp³-hybridized carbons (Fsp3) is 0.333. The molecule has 7 heteroatoms. The van der Waals surface area contributed by atoms with E-state index in [0.29, 0.717) is 17.1 Å². The Bertz CT molecular complexity index is 1010. The molecule has 0 aliphatic carbocycles. The number of aliphatic hydroxyl groups is 1. The Labute approximate surface area is 186 Å². The number of piperidine rings is 1. The van der Waals surface area contributed by atoms with E-state index in [9.17, 15) is 14.7 Å². The van der Waals surface area contributed by atoms with Gasteiger partial charge in [0.1, 0.15) is 11.3 Å². The Kier molecular flexibility index (Phi) is 5.92. The first-order valence-corrected chi connectivity index (χ1v) is 10.9.